The van der Waals surface area contributed by atoms with E-state index in [2.05, 4.69) is 4.98 Å². The normalized spacial score (nSPS) is 11.6. The fraction of sp³-hybridized carbons (Fsp3) is 0.800. The lowest BCUT2D eigenvalue weighted by molar-refractivity contribution is -0.115. The molecule has 0 aromatic heterocycles. The first-order valence-corrected chi connectivity index (χ1v) is 5.27. The van der Waals surface area contributed by atoms with Crippen LogP contribution in [0.4, 0.5) is 0 Å². The van der Waals surface area contributed by atoms with Crippen molar-refractivity contribution in [1.29, 1.82) is 0 Å². The molecule has 0 aromatic carbocycles. The maximum absolute atomic E-state index is 10.4. The van der Waals surface area contributed by atoms with E-state index in [1.54, 1.807) is 6.92 Å². The average molecular weight is 163 g/mol. The Morgan fingerprint density at radius 1 is 1.60 bits per heavy atom. The number of Topliss-reactive ketones (excluding diaryl/α,β-unsaturated/α-hetero) is 1. The molecule has 0 spiro atoms. The van der Waals surface area contributed by atoms with E-state index in [0.29, 0.717) is 6.54 Å². The van der Waals surface area contributed by atoms with Gasteiger partial charge in [-0.25, -0.2) is 0 Å². The van der Waals surface area contributed by atoms with Crippen molar-refractivity contribution in [3.05, 3.63) is 0 Å². The molecule has 0 saturated heterocycles. The quantitative estimate of drug-likeness (QED) is 0.470. The van der Waals surface area contributed by atoms with Gasteiger partial charge < -0.3 is 14.4 Å². The zero-order valence-electron chi connectivity index (χ0n) is 6.22. The Morgan fingerprint density at radius 2 is 2.10 bits per heavy atom. The summed E-state index contributed by atoms with van der Waals surface area (Å²) in [4.78, 5) is 31.0. The Morgan fingerprint density at radius 3 is 2.40 bits per heavy atom. The molecule has 10 heavy (non-hydrogen) atoms. The van der Waals surface area contributed by atoms with Crippen molar-refractivity contribution in [3.63, 3.8) is 0 Å². The van der Waals surface area contributed by atoms with Crippen molar-refractivity contribution in [2.45, 2.75) is 19.9 Å². The van der Waals surface area contributed by atoms with Gasteiger partial charge in [-0.05, 0) is 13.5 Å². The number of ketones is 1. The summed E-state index contributed by atoms with van der Waals surface area (Å²) < 4.78 is 0. The van der Waals surface area contributed by atoms with E-state index in [1.165, 1.54) is 6.92 Å². The molecule has 0 aliphatic heterocycles. The minimum atomic E-state index is -3.37. The minimum absolute atomic E-state index is 0.138. The van der Waals surface area contributed by atoms with Crippen LogP contribution in [0, 0.1) is 0 Å². The molecule has 0 aliphatic rings. The van der Waals surface area contributed by atoms with Crippen molar-refractivity contribution < 1.29 is 14.4 Å². The van der Waals surface area contributed by atoms with Crippen LogP contribution in [-0.4, -0.2) is 30.6 Å². The van der Waals surface area contributed by atoms with Gasteiger partial charge in [0.05, 0.1) is 6.04 Å². The van der Waals surface area contributed by atoms with Crippen LogP contribution < -0.4 is 4.98 Å². The predicted octanol–water partition coefficient (Wildman–Crippen LogP) is -0.892. The van der Waals surface area contributed by atoms with Crippen molar-refractivity contribution in [2.24, 2.45) is 0 Å². The van der Waals surface area contributed by atoms with Gasteiger partial charge in [0.15, 0.2) is 0 Å². The minimum Gasteiger partial charge on any atom is -0.399 e. The third kappa shape index (κ3) is 4.63. The van der Waals surface area contributed by atoms with Gasteiger partial charge in [0.25, 0.3) is 0 Å². The summed E-state index contributed by atoms with van der Waals surface area (Å²) in [6, 6.07) is -0.138. The van der Waals surface area contributed by atoms with E-state index < -0.39 is 8.72 Å². The maximum atomic E-state index is 10.4. The van der Waals surface area contributed by atoms with E-state index in [-0.39, 0.29) is 11.8 Å². The standard InChI is InChI=1S/C5H13NO3Si/c1-3-6-10(8,9)4-5(2)7/h6,8-9H,3-4H2,1-2H3. The first-order valence-electron chi connectivity index (χ1n) is 3.17. The van der Waals surface area contributed by atoms with Crippen molar-refractivity contribution in [1.82, 2.24) is 4.98 Å². The first kappa shape index (κ1) is 9.77. The van der Waals surface area contributed by atoms with E-state index in [9.17, 15) is 4.79 Å². The Bertz CT molecular complexity index is 126. The van der Waals surface area contributed by atoms with Gasteiger partial charge in [-0.3, -0.25) is 4.98 Å². The van der Waals surface area contributed by atoms with Crippen LogP contribution in [0.25, 0.3) is 0 Å². The third-order valence-corrected chi connectivity index (χ3v) is 2.87. The largest absolute Gasteiger partial charge is 0.427 e. The monoisotopic (exact) mass is 163 g/mol. The highest BCUT2D eigenvalue weighted by Gasteiger charge is 2.30. The van der Waals surface area contributed by atoms with Gasteiger partial charge in [0.1, 0.15) is 5.78 Å². The zero-order valence-corrected chi connectivity index (χ0v) is 7.22. The highest BCUT2D eigenvalue weighted by Crippen LogP contribution is 1.96. The summed E-state index contributed by atoms with van der Waals surface area (Å²) >= 11 is 0. The number of rotatable bonds is 4. The number of carbonyl (C=O) groups is 1. The second-order valence-electron chi connectivity index (χ2n) is 2.23. The molecule has 0 heterocycles. The molecule has 4 nitrogen and oxygen atoms in total. The maximum Gasteiger partial charge on any atom is 0.427 e. The fourth-order valence-electron chi connectivity index (χ4n) is 0.693. The molecule has 0 radical (unpaired) electrons. The van der Waals surface area contributed by atoms with Crippen LogP contribution in [0.1, 0.15) is 13.8 Å². The molecule has 60 valence electrons. The van der Waals surface area contributed by atoms with Crippen LogP contribution in [0.15, 0.2) is 0 Å². The average Bonchev–Trinajstić information content (AvgIpc) is 1.59. The van der Waals surface area contributed by atoms with Gasteiger partial charge in [-0.15, -0.1) is 0 Å². The van der Waals surface area contributed by atoms with Crippen LogP contribution >= 0.6 is 0 Å². The van der Waals surface area contributed by atoms with E-state index >= 15 is 0 Å². The van der Waals surface area contributed by atoms with Crippen molar-refractivity contribution >= 4 is 14.5 Å². The summed E-state index contributed by atoms with van der Waals surface area (Å²) in [6.45, 7) is 3.58. The van der Waals surface area contributed by atoms with Crippen LogP contribution in [0.2, 0.25) is 6.04 Å². The van der Waals surface area contributed by atoms with E-state index in [0.717, 1.165) is 0 Å². The lowest BCUT2D eigenvalue weighted by Gasteiger charge is -2.15. The molecule has 0 unspecified atom stereocenters. The lowest BCUT2D eigenvalue weighted by Crippen LogP contribution is -2.52. The van der Waals surface area contributed by atoms with Gasteiger partial charge in [-0.1, -0.05) is 6.92 Å². The van der Waals surface area contributed by atoms with Gasteiger partial charge in [-0.2, -0.15) is 0 Å². The van der Waals surface area contributed by atoms with Crippen LogP contribution in [0.3, 0.4) is 0 Å². The number of hydrogen-bond donors (Lipinski definition) is 3. The molecule has 3 N–H and O–H groups in total. The third-order valence-electron chi connectivity index (χ3n) is 0.955. The summed E-state index contributed by atoms with van der Waals surface area (Å²) in [5.41, 5.74) is 0. The summed E-state index contributed by atoms with van der Waals surface area (Å²) in [6.07, 6.45) is 0. The van der Waals surface area contributed by atoms with Crippen LogP contribution in [0.5, 0.6) is 0 Å². The molecule has 5 heteroatoms. The van der Waals surface area contributed by atoms with E-state index in [1.807, 2.05) is 0 Å². The molecule has 0 saturated carbocycles. The second-order valence-corrected chi connectivity index (χ2v) is 4.57. The molecule has 0 aromatic rings. The molecule has 0 rings (SSSR count). The molecule has 0 amide bonds. The van der Waals surface area contributed by atoms with Crippen molar-refractivity contribution in [3.8, 4) is 0 Å². The molecular formula is C5H13NO3Si. The SMILES string of the molecule is CCN[Si](O)(O)CC(C)=O. The molecule has 0 atom stereocenters. The van der Waals surface area contributed by atoms with E-state index in [4.69, 9.17) is 9.59 Å². The van der Waals surface area contributed by atoms with Crippen molar-refractivity contribution in [2.75, 3.05) is 6.54 Å². The summed E-state index contributed by atoms with van der Waals surface area (Å²) in [5, 5.41) is 0. The number of hydrogen-bond acceptors (Lipinski definition) is 4. The zero-order chi connectivity index (χ0) is 8.20. The Kier molecular flexibility index (Phi) is 3.73. The topological polar surface area (TPSA) is 69.6 Å². The molecular weight excluding hydrogens is 150 g/mol. The summed E-state index contributed by atoms with van der Waals surface area (Å²) in [5.74, 6) is -0.197. The smallest absolute Gasteiger partial charge is 0.399 e. The highest BCUT2D eigenvalue weighted by molar-refractivity contribution is 6.65. The predicted molar refractivity (Wildman–Crippen MR) is 39.4 cm³/mol. The number of nitrogens with one attached hydrogen (secondary N) is 1. The summed E-state index contributed by atoms with van der Waals surface area (Å²) in [7, 11) is -3.37. The molecule has 0 aliphatic carbocycles. The lowest BCUT2D eigenvalue weighted by atomic mass is 10.5. The molecule has 0 bridgehead atoms. The van der Waals surface area contributed by atoms with Gasteiger partial charge in [0.2, 0.25) is 0 Å². The Hall–Kier alpha value is -0.233. The van der Waals surface area contributed by atoms with Crippen LogP contribution in [-0.2, 0) is 4.79 Å². The van der Waals surface area contributed by atoms with Gasteiger partial charge >= 0.3 is 8.72 Å². The molecule has 0 fully saturated rings. The Labute approximate surface area is 61.2 Å². The second kappa shape index (κ2) is 3.82. The Balaban J connectivity index is 3.74. The highest BCUT2D eigenvalue weighted by atomic mass is 28.4. The van der Waals surface area contributed by atoms with Gasteiger partial charge in [0, 0.05) is 0 Å². The fourth-order valence-corrected chi connectivity index (χ4v) is 2.08. The number of carbonyl (C=O) groups excluding carboxylic acids is 1. The first-order chi connectivity index (χ1) is 4.48.